The van der Waals surface area contributed by atoms with Gasteiger partial charge in [-0.3, -0.25) is 9.59 Å². The molecule has 0 aliphatic carbocycles. The maximum absolute atomic E-state index is 12.7. The summed E-state index contributed by atoms with van der Waals surface area (Å²) < 4.78 is 0. The van der Waals surface area contributed by atoms with Gasteiger partial charge in [0.2, 0.25) is 5.91 Å². The average molecular weight is 373 g/mol. The van der Waals surface area contributed by atoms with Gasteiger partial charge in [0.05, 0.1) is 5.69 Å². The highest BCUT2D eigenvalue weighted by Crippen LogP contribution is 2.24. The van der Waals surface area contributed by atoms with Crippen molar-refractivity contribution in [1.29, 1.82) is 0 Å². The lowest BCUT2D eigenvalue weighted by atomic mass is 10.00. The SMILES string of the molecule is CC(C)C1C(=O)NCCN1C(=O)Nc1cccc(N2C(=O)CN(C)C2=O)c1. The van der Waals surface area contributed by atoms with Gasteiger partial charge in [0.15, 0.2) is 0 Å². The second-order valence-corrected chi connectivity index (χ2v) is 7.02. The number of likely N-dealkylation sites (N-methyl/N-ethyl adjacent to an activating group) is 1. The summed E-state index contributed by atoms with van der Waals surface area (Å²) in [5, 5.41) is 5.54. The lowest BCUT2D eigenvalue weighted by Crippen LogP contribution is -2.60. The van der Waals surface area contributed by atoms with E-state index in [2.05, 4.69) is 10.6 Å². The minimum atomic E-state index is -0.544. The third kappa shape index (κ3) is 3.57. The molecule has 2 N–H and O–H groups in total. The Kier molecular flexibility index (Phi) is 5.02. The number of benzene rings is 1. The lowest BCUT2D eigenvalue weighted by molar-refractivity contribution is -0.129. The van der Waals surface area contributed by atoms with Crippen LogP contribution in [0.2, 0.25) is 0 Å². The van der Waals surface area contributed by atoms with E-state index in [0.717, 1.165) is 4.90 Å². The summed E-state index contributed by atoms with van der Waals surface area (Å²) in [5.41, 5.74) is 0.838. The third-order valence-corrected chi connectivity index (χ3v) is 4.64. The maximum atomic E-state index is 12.7. The predicted octanol–water partition coefficient (Wildman–Crippen LogP) is 1.07. The van der Waals surface area contributed by atoms with Gasteiger partial charge in [-0.2, -0.15) is 0 Å². The summed E-state index contributed by atoms with van der Waals surface area (Å²) in [6, 6.07) is 5.19. The maximum Gasteiger partial charge on any atom is 0.331 e. The van der Waals surface area contributed by atoms with Crippen molar-refractivity contribution in [2.45, 2.75) is 19.9 Å². The topological polar surface area (TPSA) is 102 Å². The fourth-order valence-electron chi connectivity index (χ4n) is 3.37. The first kappa shape index (κ1) is 18.7. The number of anilines is 2. The van der Waals surface area contributed by atoms with Crippen molar-refractivity contribution in [2.24, 2.45) is 5.92 Å². The van der Waals surface area contributed by atoms with E-state index in [-0.39, 0.29) is 24.3 Å². The quantitative estimate of drug-likeness (QED) is 0.774. The van der Waals surface area contributed by atoms with Crippen LogP contribution in [0.3, 0.4) is 0 Å². The zero-order valence-corrected chi connectivity index (χ0v) is 15.6. The molecule has 0 aromatic heterocycles. The summed E-state index contributed by atoms with van der Waals surface area (Å²) >= 11 is 0. The lowest BCUT2D eigenvalue weighted by Gasteiger charge is -2.37. The Hall–Kier alpha value is -3.10. The Bertz CT molecular complexity index is 794. The Morgan fingerprint density at radius 2 is 2.00 bits per heavy atom. The van der Waals surface area contributed by atoms with E-state index in [0.29, 0.717) is 24.5 Å². The number of carbonyl (C=O) groups is 4. The van der Waals surface area contributed by atoms with Crippen molar-refractivity contribution in [3.05, 3.63) is 24.3 Å². The number of imide groups is 1. The normalized spacial score (nSPS) is 20.4. The second-order valence-electron chi connectivity index (χ2n) is 7.02. The fourth-order valence-corrected chi connectivity index (χ4v) is 3.37. The summed E-state index contributed by atoms with van der Waals surface area (Å²) in [7, 11) is 1.55. The molecule has 2 fully saturated rings. The molecule has 2 heterocycles. The zero-order valence-electron chi connectivity index (χ0n) is 15.6. The molecule has 1 aromatic rings. The minimum Gasteiger partial charge on any atom is -0.353 e. The third-order valence-electron chi connectivity index (χ3n) is 4.64. The molecule has 0 radical (unpaired) electrons. The van der Waals surface area contributed by atoms with Crippen LogP contribution >= 0.6 is 0 Å². The van der Waals surface area contributed by atoms with Crippen molar-refractivity contribution in [1.82, 2.24) is 15.1 Å². The first-order chi connectivity index (χ1) is 12.8. The van der Waals surface area contributed by atoms with Crippen molar-refractivity contribution < 1.29 is 19.2 Å². The van der Waals surface area contributed by atoms with Crippen LogP contribution in [0.5, 0.6) is 0 Å². The molecular weight excluding hydrogens is 350 g/mol. The molecule has 1 aromatic carbocycles. The van der Waals surface area contributed by atoms with Crippen molar-refractivity contribution in [3.8, 4) is 0 Å². The van der Waals surface area contributed by atoms with Crippen molar-refractivity contribution >= 4 is 35.3 Å². The van der Waals surface area contributed by atoms with Gasteiger partial charge in [0.25, 0.3) is 5.91 Å². The molecule has 0 saturated carbocycles. The van der Waals surface area contributed by atoms with Gasteiger partial charge >= 0.3 is 12.1 Å². The zero-order chi connectivity index (χ0) is 19.7. The molecule has 0 spiro atoms. The molecule has 0 bridgehead atoms. The first-order valence-corrected chi connectivity index (χ1v) is 8.83. The van der Waals surface area contributed by atoms with Crippen LogP contribution in [0.25, 0.3) is 0 Å². The van der Waals surface area contributed by atoms with Gasteiger partial charge in [0, 0.05) is 25.8 Å². The number of amides is 6. The monoisotopic (exact) mass is 373 g/mol. The first-order valence-electron chi connectivity index (χ1n) is 8.83. The van der Waals surface area contributed by atoms with Crippen molar-refractivity contribution in [3.63, 3.8) is 0 Å². The number of nitrogens with one attached hydrogen (secondary N) is 2. The summed E-state index contributed by atoms with van der Waals surface area (Å²) in [5.74, 6) is -0.521. The van der Waals surface area contributed by atoms with Crippen LogP contribution < -0.4 is 15.5 Å². The van der Waals surface area contributed by atoms with E-state index in [1.807, 2.05) is 13.8 Å². The molecule has 6 amide bonds. The second kappa shape index (κ2) is 7.26. The highest BCUT2D eigenvalue weighted by atomic mass is 16.2. The van der Waals surface area contributed by atoms with E-state index in [4.69, 9.17) is 0 Å². The molecule has 2 saturated heterocycles. The molecule has 3 rings (SSSR count). The Balaban J connectivity index is 1.78. The molecule has 1 unspecified atom stereocenters. The predicted molar refractivity (Wildman–Crippen MR) is 99.3 cm³/mol. The van der Waals surface area contributed by atoms with Gasteiger partial charge < -0.3 is 20.4 Å². The van der Waals surface area contributed by atoms with Crippen LogP contribution in [0.4, 0.5) is 21.0 Å². The van der Waals surface area contributed by atoms with E-state index in [1.54, 1.807) is 31.3 Å². The highest BCUT2D eigenvalue weighted by Gasteiger charge is 2.36. The van der Waals surface area contributed by atoms with Crippen LogP contribution in [0.15, 0.2) is 24.3 Å². The Labute approximate surface area is 157 Å². The Morgan fingerprint density at radius 1 is 1.26 bits per heavy atom. The van der Waals surface area contributed by atoms with Gasteiger partial charge in [-0.1, -0.05) is 19.9 Å². The molecule has 9 heteroatoms. The summed E-state index contributed by atoms with van der Waals surface area (Å²) in [6.07, 6.45) is 0. The highest BCUT2D eigenvalue weighted by molar-refractivity contribution is 6.19. The number of piperazine rings is 1. The van der Waals surface area contributed by atoms with Gasteiger partial charge in [-0.25, -0.2) is 14.5 Å². The molecule has 144 valence electrons. The number of nitrogens with zero attached hydrogens (tertiary/aromatic N) is 3. The Morgan fingerprint density at radius 3 is 2.63 bits per heavy atom. The number of hydrogen-bond acceptors (Lipinski definition) is 4. The molecule has 27 heavy (non-hydrogen) atoms. The van der Waals surface area contributed by atoms with Crippen LogP contribution in [0.1, 0.15) is 13.8 Å². The average Bonchev–Trinajstić information content (AvgIpc) is 2.86. The van der Waals surface area contributed by atoms with Gasteiger partial charge in [-0.15, -0.1) is 0 Å². The molecular formula is C18H23N5O4. The number of hydrogen-bond donors (Lipinski definition) is 2. The fraction of sp³-hybridized carbons (Fsp3) is 0.444. The van der Waals surface area contributed by atoms with E-state index < -0.39 is 18.1 Å². The molecule has 2 aliphatic heterocycles. The largest absolute Gasteiger partial charge is 0.353 e. The standard InChI is InChI=1S/C18H23N5O4/c1-11(2)15-16(25)19-7-8-22(15)17(26)20-12-5-4-6-13(9-12)23-14(24)10-21(3)18(23)27/h4-6,9,11,15H,7-8,10H2,1-3H3,(H,19,25)(H,20,26). The number of rotatable bonds is 3. The van der Waals surface area contributed by atoms with Crippen LogP contribution in [0, 0.1) is 5.92 Å². The van der Waals surface area contributed by atoms with E-state index >= 15 is 0 Å². The summed E-state index contributed by atoms with van der Waals surface area (Å²) in [4.78, 5) is 53.0. The number of carbonyl (C=O) groups excluding carboxylic acids is 4. The smallest absolute Gasteiger partial charge is 0.331 e. The van der Waals surface area contributed by atoms with Gasteiger partial charge in [0.1, 0.15) is 12.6 Å². The van der Waals surface area contributed by atoms with E-state index in [9.17, 15) is 19.2 Å². The number of urea groups is 2. The molecule has 9 nitrogen and oxygen atoms in total. The van der Waals surface area contributed by atoms with Crippen molar-refractivity contribution in [2.75, 3.05) is 36.9 Å². The van der Waals surface area contributed by atoms with Crippen LogP contribution in [-0.4, -0.2) is 66.4 Å². The summed E-state index contributed by atoms with van der Waals surface area (Å²) in [6.45, 7) is 4.61. The minimum absolute atomic E-state index is 0.0222. The van der Waals surface area contributed by atoms with Gasteiger partial charge in [-0.05, 0) is 24.1 Å². The van der Waals surface area contributed by atoms with E-state index in [1.165, 1.54) is 9.80 Å². The molecule has 1 atom stereocenters. The molecule has 2 aliphatic rings. The van der Waals surface area contributed by atoms with Crippen LogP contribution in [-0.2, 0) is 9.59 Å².